The van der Waals surface area contributed by atoms with Gasteiger partial charge in [0, 0.05) is 0 Å². The highest BCUT2D eigenvalue weighted by atomic mass is 19.3. The van der Waals surface area contributed by atoms with Crippen molar-refractivity contribution in [3.63, 3.8) is 0 Å². The number of halogens is 2. The van der Waals surface area contributed by atoms with Crippen LogP contribution in [0.1, 0.15) is 0 Å². The predicted molar refractivity (Wildman–Crippen MR) is 39.3 cm³/mol. The highest BCUT2D eigenvalue weighted by Crippen LogP contribution is 2.20. The summed E-state index contributed by atoms with van der Waals surface area (Å²) >= 11 is 0. The van der Waals surface area contributed by atoms with Crippen molar-refractivity contribution in [2.24, 2.45) is 0 Å². The Labute approximate surface area is 71.1 Å². The van der Waals surface area contributed by atoms with Crippen LogP contribution in [-0.2, 0) is 6.54 Å². The van der Waals surface area contributed by atoms with Crippen molar-refractivity contribution in [3.8, 4) is 0 Å². The highest BCUT2D eigenvalue weighted by Gasteiger charge is 2.19. The van der Waals surface area contributed by atoms with Crippen LogP contribution in [-0.4, -0.2) is 21.1 Å². The summed E-state index contributed by atoms with van der Waals surface area (Å²) in [6, 6.07) is 0. The van der Waals surface area contributed by atoms with Gasteiger partial charge < -0.3 is 5.73 Å². The Morgan fingerprint density at radius 1 is 1.77 bits per heavy atom. The molecular formula is C5H6F2N4O2. The van der Waals surface area contributed by atoms with Crippen molar-refractivity contribution in [1.82, 2.24) is 9.78 Å². The van der Waals surface area contributed by atoms with E-state index < -0.39 is 23.6 Å². The van der Waals surface area contributed by atoms with Crippen LogP contribution in [0.3, 0.4) is 0 Å². The smallest absolute Gasteiger partial charge is 0.330 e. The summed E-state index contributed by atoms with van der Waals surface area (Å²) in [6.45, 7) is -0.736. The van der Waals surface area contributed by atoms with Crippen molar-refractivity contribution in [3.05, 3.63) is 16.3 Å². The molecule has 1 rings (SSSR count). The number of hydrogen-bond acceptors (Lipinski definition) is 4. The van der Waals surface area contributed by atoms with Crippen LogP contribution in [0.5, 0.6) is 0 Å². The summed E-state index contributed by atoms with van der Waals surface area (Å²) in [6.07, 6.45) is -1.79. The van der Waals surface area contributed by atoms with Gasteiger partial charge in [0.25, 0.3) is 6.43 Å². The van der Waals surface area contributed by atoms with Crippen LogP contribution in [0.15, 0.2) is 6.20 Å². The lowest BCUT2D eigenvalue weighted by Crippen LogP contribution is -2.11. The maximum absolute atomic E-state index is 11.8. The van der Waals surface area contributed by atoms with E-state index in [1.54, 1.807) is 0 Å². The standard InChI is InChI=1S/C5H6F2N4O2/c6-4(7)2-10-5(8)3(1-9-10)11(12)13/h1,4H,2,8H2. The normalized spacial score (nSPS) is 10.7. The lowest BCUT2D eigenvalue weighted by molar-refractivity contribution is -0.384. The second-order valence-corrected chi connectivity index (χ2v) is 2.25. The topological polar surface area (TPSA) is 87.0 Å². The number of anilines is 1. The monoisotopic (exact) mass is 192 g/mol. The fourth-order valence-electron chi connectivity index (χ4n) is 0.802. The summed E-state index contributed by atoms with van der Waals surface area (Å²) in [5.41, 5.74) is 4.72. The molecule has 6 nitrogen and oxygen atoms in total. The molecule has 0 amide bonds. The third kappa shape index (κ3) is 1.89. The molecule has 0 saturated heterocycles. The number of nitro groups is 1. The fourth-order valence-corrected chi connectivity index (χ4v) is 0.802. The molecule has 0 atom stereocenters. The van der Waals surface area contributed by atoms with Gasteiger partial charge in [0.15, 0.2) is 0 Å². The first-order valence-electron chi connectivity index (χ1n) is 3.26. The zero-order chi connectivity index (χ0) is 10.0. The van der Waals surface area contributed by atoms with Gasteiger partial charge in [-0.1, -0.05) is 0 Å². The molecule has 0 unspecified atom stereocenters. The van der Waals surface area contributed by atoms with E-state index in [1.807, 2.05) is 0 Å². The molecule has 0 spiro atoms. The van der Waals surface area contributed by atoms with Gasteiger partial charge in [-0.3, -0.25) is 10.1 Å². The third-order valence-electron chi connectivity index (χ3n) is 1.37. The lowest BCUT2D eigenvalue weighted by atomic mass is 10.5. The maximum atomic E-state index is 11.8. The molecule has 8 heteroatoms. The van der Waals surface area contributed by atoms with Gasteiger partial charge in [0.2, 0.25) is 5.82 Å². The Morgan fingerprint density at radius 3 is 2.77 bits per heavy atom. The minimum atomic E-state index is -2.64. The maximum Gasteiger partial charge on any atom is 0.330 e. The Bertz CT molecular complexity index is 324. The van der Waals surface area contributed by atoms with Gasteiger partial charge >= 0.3 is 5.69 Å². The molecule has 0 aliphatic heterocycles. The second kappa shape index (κ2) is 3.33. The number of nitrogen functional groups attached to an aromatic ring is 1. The van der Waals surface area contributed by atoms with E-state index in [0.717, 1.165) is 6.20 Å². The van der Waals surface area contributed by atoms with Crippen LogP contribution >= 0.6 is 0 Å². The first-order valence-corrected chi connectivity index (χ1v) is 3.26. The van der Waals surface area contributed by atoms with Crippen LogP contribution < -0.4 is 5.73 Å². The Hall–Kier alpha value is -1.73. The summed E-state index contributed by atoms with van der Waals surface area (Å²) in [7, 11) is 0. The lowest BCUT2D eigenvalue weighted by Gasteiger charge is -2.00. The molecule has 72 valence electrons. The Morgan fingerprint density at radius 2 is 2.38 bits per heavy atom. The van der Waals surface area contributed by atoms with Gasteiger partial charge in [0.1, 0.15) is 12.7 Å². The number of nitrogens with two attached hydrogens (primary N) is 1. The zero-order valence-electron chi connectivity index (χ0n) is 6.35. The number of rotatable bonds is 3. The van der Waals surface area contributed by atoms with Crippen molar-refractivity contribution in [2.45, 2.75) is 13.0 Å². The first-order chi connectivity index (χ1) is 6.02. The van der Waals surface area contributed by atoms with E-state index in [4.69, 9.17) is 5.73 Å². The molecule has 0 fully saturated rings. The molecule has 1 aromatic heterocycles. The zero-order valence-corrected chi connectivity index (χ0v) is 6.35. The molecule has 0 saturated carbocycles. The predicted octanol–water partition coefficient (Wildman–Crippen LogP) is 0.639. The van der Waals surface area contributed by atoms with Gasteiger partial charge in [0.05, 0.1) is 4.92 Å². The Kier molecular flexibility index (Phi) is 2.40. The number of hydrogen-bond donors (Lipinski definition) is 1. The molecule has 13 heavy (non-hydrogen) atoms. The third-order valence-corrected chi connectivity index (χ3v) is 1.37. The van der Waals surface area contributed by atoms with Crippen molar-refractivity contribution in [1.29, 1.82) is 0 Å². The van der Waals surface area contributed by atoms with Gasteiger partial charge in [-0.2, -0.15) is 5.10 Å². The largest absolute Gasteiger partial charge is 0.378 e. The molecule has 0 radical (unpaired) electrons. The molecular weight excluding hydrogens is 186 g/mol. The molecule has 1 aromatic rings. The van der Waals surface area contributed by atoms with Gasteiger partial charge in [-0.15, -0.1) is 0 Å². The Balaban J connectivity index is 2.93. The van der Waals surface area contributed by atoms with Crippen molar-refractivity contribution in [2.75, 3.05) is 5.73 Å². The van der Waals surface area contributed by atoms with Crippen molar-refractivity contribution >= 4 is 11.5 Å². The summed E-state index contributed by atoms with van der Waals surface area (Å²) in [4.78, 5) is 9.43. The molecule has 0 aromatic carbocycles. The summed E-state index contributed by atoms with van der Waals surface area (Å²) in [5.74, 6) is -0.356. The van der Waals surface area contributed by atoms with E-state index in [0.29, 0.717) is 4.68 Å². The van der Waals surface area contributed by atoms with Crippen molar-refractivity contribution < 1.29 is 13.7 Å². The summed E-state index contributed by atoms with van der Waals surface area (Å²) in [5, 5.41) is 13.6. The highest BCUT2D eigenvalue weighted by molar-refractivity contribution is 5.51. The van der Waals surface area contributed by atoms with Crippen LogP contribution in [0.2, 0.25) is 0 Å². The van der Waals surface area contributed by atoms with Gasteiger partial charge in [-0.25, -0.2) is 13.5 Å². The quantitative estimate of drug-likeness (QED) is 0.562. The molecule has 2 N–H and O–H groups in total. The SMILES string of the molecule is Nc1c([N+](=O)[O-])cnn1CC(F)F. The molecule has 0 aliphatic rings. The summed E-state index contributed by atoms with van der Waals surface area (Å²) < 4.78 is 24.3. The van der Waals surface area contributed by atoms with E-state index in [-0.39, 0.29) is 5.82 Å². The fraction of sp³-hybridized carbons (Fsp3) is 0.400. The van der Waals surface area contributed by atoms with Crippen LogP contribution in [0.4, 0.5) is 20.3 Å². The van der Waals surface area contributed by atoms with E-state index in [9.17, 15) is 18.9 Å². The minimum absolute atomic E-state index is 0.356. The first kappa shape index (κ1) is 9.36. The van der Waals surface area contributed by atoms with E-state index >= 15 is 0 Å². The number of nitrogens with zero attached hydrogens (tertiary/aromatic N) is 3. The average Bonchev–Trinajstić information content (AvgIpc) is 2.32. The van der Waals surface area contributed by atoms with Gasteiger partial charge in [-0.05, 0) is 0 Å². The van der Waals surface area contributed by atoms with E-state index in [2.05, 4.69) is 5.10 Å². The molecule has 0 bridgehead atoms. The number of alkyl halides is 2. The molecule has 0 aliphatic carbocycles. The van der Waals surface area contributed by atoms with Crippen LogP contribution in [0.25, 0.3) is 0 Å². The molecule has 1 heterocycles. The number of aromatic nitrogens is 2. The van der Waals surface area contributed by atoms with Crippen LogP contribution in [0, 0.1) is 10.1 Å². The second-order valence-electron chi connectivity index (χ2n) is 2.25. The average molecular weight is 192 g/mol. The minimum Gasteiger partial charge on any atom is -0.378 e. The van der Waals surface area contributed by atoms with E-state index in [1.165, 1.54) is 0 Å².